The van der Waals surface area contributed by atoms with Gasteiger partial charge in [0, 0.05) is 6.04 Å². The normalized spacial score (nSPS) is 24.0. The molecule has 1 N–H and O–H groups in total. The molecule has 0 radical (unpaired) electrons. The van der Waals surface area contributed by atoms with Gasteiger partial charge >= 0.3 is 0 Å². The second-order valence-corrected chi connectivity index (χ2v) is 6.20. The SMILES string of the molecule is N#CC1(c2ccccc2)CC(Nc2cccc(Cl)c2Cl)C1. The molecular formula is C17H14Cl2N2. The Balaban J connectivity index is 1.73. The fourth-order valence-electron chi connectivity index (χ4n) is 2.87. The fraction of sp³-hybridized carbons (Fsp3) is 0.235. The van der Waals surface area contributed by atoms with Crippen molar-refractivity contribution in [1.82, 2.24) is 0 Å². The largest absolute Gasteiger partial charge is 0.381 e. The van der Waals surface area contributed by atoms with Crippen LogP contribution in [-0.2, 0) is 5.41 Å². The standard InChI is InChI=1S/C17H14Cl2N2/c18-14-7-4-8-15(16(14)19)21-13-9-17(10-13,11-20)12-5-2-1-3-6-12/h1-8,13,21H,9-10H2. The molecule has 0 saturated heterocycles. The summed E-state index contributed by atoms with van der Waals surface area (Å²) in [5, 5.41) is 14.0. The molecule has 1 saturated carbocycles. The summed E-state index contributed by atoms with van der Waals surface area (Å²) in [7, 11) is 0. The third-order valence-electron chi connectivity index (χ3n) is 4.04. The average Bonchev–Trinajstić information content (AvgIpc) is 2.48. The number of hydrogen-bond acceptors (Lipinski definition) is 2. The van der Waals surface area contributed by atoms with Crippen LogP contribution in [0.25, 0.3) is 0 Å². The van der Waals surface area contributed by atoms with E-state index in [4.69, 9.17) is 23.2 Å². The maximum absolute atomic E-state index is 9.55. The number of hydrogen-bond donors (Lipinski definition) is 1. The molecule has 2 nitrogen and oxygen atoms in total. The van der Waals surface area contributed by atoms with Gasteiger partial charge in [-0.2, -0.15) is 5.26 Å². The van der Waals surface area contributed by atoms with Gasteiger partial charge < -0.3 is 5.32 Å². The van der Waals surface area contributed by atoms with Gasteiger partial charge in [-0.05, 0) is 30.5 Å². The summed E-state index contributed by atoms with van der Waals surface area (Å²) >= 11 is 12.2. The van der Waals surface area contributed by atoms with Crippen molar-refractivity contribution in [2.45, 2.75) is 24.3 Å². The predicted molar refractivity (Wildman–Crippen MR) is 86.8 cm³/mol. The van der Waals surface area contributed by atoms with E-state index < -0.39 is 0 Å². The topological polar surface area (TPSA) is 35.8 Å². The first kappa shape index (κ1) is 14.3. The summed E-state index contributed by atoms with van der Waals surface area (Å²) in [6, 6.07) is 18.2. The Hall–Kier alpha value is -1.69. The highest BCUT2D eigenvalue weighted by molar-refractivity contribution is 6.43. The maximum atomic E-state index is 9.55. The van der Waals surface area contributed by atoms with Crippen LogP contribution in [0, 0.1) is 11.3 Å². The molecular weight excluding hydrogens is 303 g/mol. The van der Waals surface area contributed by atoms with Gasteiger partial charge in [-0.1, -0.05) is 59.6 Å². The maximum Gasteiger partial charge on any atom is 0.0861 e. The number of rotatable bonds is 3. The summed E-state index contributed by atoms with van der Waals surface area (Å²) in [5.41, 5.74) is 1.53. The fourth-order valence-corrected chi connectivity index (χ4v) is 3.22. The number of halogens is 2. The molecule has 0 aliphatic heterocycles. The van der Waals surface area contributed by atoms with Crippen molar-refractivity contribution in [3.8, 4) is 6.07 Å². The van der Waals surface area contributed by atoms with Crippen LogP contribution >= 0.6 is 23.2 Å². The summed E-state index contributed by atoms with van der Waals surface area (Å²) in [5.74, 6) is 0. The van der Waals surface area contributed by atoms with Crippen molar-refractivity contribution in [2.24, 2.45) is 0 Å². The first-order valence-corrected chi connectivity index (χ1v) is 7.57. The Kier molecular flexibility index (Phi) is 3.80. The van der Waals surface area contributed by atoms with Gasteiger partial charge in [0.15, 0.2) is 0 Å². The van der Waals surface area contributed by atoms with E-state index in [0.717, 1.165) is 24.1 Å². The Morgan fingerprint density at radius 2 is 1.76 bits per heavy atom. The van der Waals surface area contributed by atoms with E-state index >= 15 is 0 Å². The Morgan fingerprint density at radius 3 is 2.43 bits per heavy atom. The molecule has 0 amide bonds. The van der Waals surface area contributed by atoms with Gasteiger partial charge in [-0.15, -0.1) is 0 Å². The van der Waals surface area contributed by atoms with E-state index in [1.54, 1.807) is 6.07 Å². The van der Waals surface area contributed by atoms with Gasteiger partial charge in [-0.3, -0.25) is 0 Å². The van der Waals surface area contributed by atoms with Gasteiger partial charge in [0.1, 0.15) is 0 Å². The van der Waals surface area contributed by atoms with Crippen LogP contribution in [0.1, 0.15) is 18.4 Å². The molecule has 0 heterocycles. The third kappa shape index (κ3) is 2.60. The van der Waals surface area contributed by atoms with Gasteiger partial charge in [0.25, 0.3) is 0 Å². The molecule has 106 valence electrons. The van der Waals surface area contributed by atoms with Crippen LogP contribution in [0.15, 0.2) is 48.5 Å². The van der Waals surface area contributed by atoms with Gasteiger partial charge in [0.2, 0.25) is 0 Å². The highest BCUT2D eigenvalue weighted by atomic mass is 35.5. The van der Waals surface area contributed by atoms with Crippen molar-refractivity contribution in [2.75, 3.05) is 5.32 Å². The second kappa shape index (κ2) is 5.60. The summed E-state index contributed by atoms with van der Waals surface area (Å²) < 4.78 is 0. The highest BCUT2D eigenvalue weighted by Crippen LogP contribution is 2.45. The molecule has 0 aromatic heterocycles. The van der Waals surface area contributed by atoms with Crippen molar-refractivity contribution in [3.63, 3.8) is 0 Å². The average molecular weight is 317 g/mol. The van der Waals surface area contributed by atoms with Crippen LogP contribution in [0.5, 0.6) is 0 Å². The highest BCUT2D eigenvalue weighted by Gasteiger charge is 2.46. The molecule has 2 aromatic carbocycles. The number of anilines is 1. The van der Waals surface area contributed by atoms with E-state index in [1.807, 2.05) is 42.5 Å². The van der Waals surface area contributed by atoms with E-state index in [1.165, 1.54) is 0 Å². The quantitative estimate of drug-likeness (QED) is 0.862. The van der Waals surface area contributed by atoms with Crippen molar-refractivity contribution in [1.29, 1.82) is 5.26 Å². The van der Waals surface area contributed by atoms with Crippen molar-refractivity contribution >= 4 is 28.9 Å². The Bertz CT molecular complexity index is 686. The lowest BCUT2D eigenvalue weighted by Gasteiger charge is -2.43. The number of nitrogens with zero attached hydrogens (tertiary/aromatic N) is 1. The molecule has 1 aliphatic rings. The molecule has 0 bridgehead atoms. The van der Waals surface area contributed by atoms with Crippen LogP contribution in [0.2, 0.25) is 10.0 Å². The minimum atomic E-state index is -0.385. The summed E-state index contributed by atoms with van der Waals surface area (Å²) in [4.78, 5) is 0. The molecule has 4 heteroatoms. The molecule has 1 fully saturated rings. The van der Waals surface area contributed by atoms with E-state index in [9.17, 15) is 5.26 Å². The molecule has 2 aromatic rings. The molecule has 3 rings (SSSR count). The number of nitrogens with one attached hydrogen (secondary N) is 1. The zero-order chi connectivity index (χ0) is 14.9. The van der Waals surface area contributed by atoms with Crippen LogP contribution in [0.4, 0.5) is 5.69 Å². The van der Waals surface area contributed by atoms with Gasteiger partial charge in [-0.25, -0.2) is 0 Å². The first-order valence-electron chi connectivity index (χ1n) is 6.82. The van der Waals surface area contributed by atoms with Crippen LogP contribution < -0.4 is 5.32 Å². The minimum absolute atomic E-state index is 0.237. The lowest BCUT2D eigenvalue weighted by atomic mass is 9.62. The smallest absolute Gasteiger partial charge is 0.0861 e. The summed E-state index contributed by atoms with van der Waals surface area (Å²) in [6.45, 7) is 0. The monoisotopic (exact) mass is 316 g/mol. The van der Waals surface area contributed by atoms with E-state index in [2.05, 4.69) is 11.4 Å². The molecule has 0 spiro atoms. The molecule has 0 unspecified atom stereocenters. The van der Waals surface area contributed by atoms with Gasteiger partial charge in [0.05, 0.1) is 27.2 Å². The lowest BCUT2D eigenvalue weighted by Crippen LogP contribution is -2.47. The molecule has 21 heavy (non-hydrogen) atoms. The van der Waals surface area contributed by atoms with Crippen molar-refractivity contribution in [3.05, 3.63) is 64.1 Å². The number of benzene rings is 2. The van der Waals surface area contributed by atoms with Crippen LogP contribution in [0.3, 0.4) is 0 Å². The predicted octanol–water partition coefficient (Wildman–Crippen LogP) is 5.03. The third-order valence-corrected chi connectivity index (χ3v) is 4.86. The summed E-state index contributed by atoms with van der Waals surface area (Å²) in [6.07, 6.45) is 1.55. The molecule has 1 aliphatic carbocycles. The number of nitriles is 1. The van der Waals surface area contributed by atoms with E-state index in [0.29, 0.717) is 10.0 Å². The van der Waals surface area contributed by atoms with E-state index in [-0.39, 0.29) is 11.5 Å². The zero-order valence-electron chi connectivity index (χ0n) is 11.3. The zero-order valence-corrected chi connectivity index (χ0v) is 12.8. The first-order chi connectivity index (χ1) is 10.1. The Morgan fingerprint density at radius 1 is 1.05 bits per heavy atom. The van der Waals surface area contributed by atoms with Crippen molar-refractivity contribution < 1.29 is 0 Å². The Labute approximate surface area is 134 Å². The molecule has 0 atom stereocenters. The second-order valence-electron chi connectivity index (χ2n) is 5.41. The van der Waals surface area contributed by atoms with Crippen LogP contribution in [-0.4, -0.2) is 6.04 Å². The lowest BCUT2D eigenvalue weighted by molar-refractivity contribution is 0.289. The minimum Gasteiger partial charge on any atom is -0.381 e.